The van der Waals surface area contributed by atoms with Crippen LogP contribution in [0.3, 0.4) is 0 Å². The number of esters is 1. The smallest absolute Gasteiger partial charge is 0.326 e. The Morgan fingerprint density at radius 3 is 2.65 bits per heavy atom. The molecule has 7 heteroatoms. The van der Waals surface area contributed by atoms with Crippen LogP contribution in [-0.2, 0) is 14.3 Å². The van der Waals surface area contributed by atoms with Crippen LogP contribution in [0.2, 0.25) is 5.02 Å². The molecule has 2 rings (SSSR count). The maximum atomic E-state index is 13.8. The molecule has 1 heterocycles. The van der Waals surface area contributed by atoms with E-state index in [0.29, 0.717) is 0 Å². The Bertz CT molecular complexity index is 615. The monoisotopic (exact) mass is 299 g/mol. The lowest BCUT2D eigenvalue weighted by molar-refractivity contribution is -0.146. The van der Waals surface area contributed by atoms with Crippen LogP contribution in [0.4, 0.5) is 10.1 Å². The molecule has 20 heavy (non-hydrogen) atoms. The lowest BCUT2D eigenvalue weighted by atomic mass is 10.1. The molecule has 0 saturated heterocycles. The molecule has 1 amide bonds. The van der Waals surface area contributed by atoms with Crippen molar-refractivity contribution >= 4 is 34.9 Å². The van der Waals surface area contributed by atoms with Gasteiger partial charge in [0, 0.05) is 0 Å². The van der Waals surface area contributed by atoms with E-state index >= 15 is 0 Å². The number of hydrogen-bond acceptors (Lipinski definition) is 4. The van der Waals surface area contributed by atoms with Crippen LogP contribution in [0.5, 0.6) is 0 Å². The second-order valence-electron chi connectivity index (χ2n) is 4.51. The van der Waals surface area contributed by atoms with Gasteiger partial charge in [-0.3, -0.25) is 19.3 Å². The van der Waals surface area contributed by atoms with Crippen molar-refractivity contribution in [2.75, 3.05) is 11.4 Å². The number of rotatable bonds is 3. The lowest BCUT2D eigenvalue weighted by Crippen LogP contribution is -2.36. The number of Topliss-reactive ketones (excluding diaryl/α,β-unsaturated/α-hetero) is 1. The Morgan fingerprint density at radius 1 is 1.40 bits per heavy atom. The zero-order valence-corrected chi connectivity index (χ0v) is 11.5. The highest BCUT2D eigenvalue weighted by Gasteiger charge is 2.41. The number of carbonyl (C=O) groups excluding carboxylic acids is 3. The number of nitrogens with zero attached hydrogens (tertiary/aromatic N) is 1. The van der Waals surface area contributed by atoms with Crippen LogP contribution in [0, 0.1) is 5.82 Å². The molecule has 5 nitrogen and oxygen atoms in total. The summed E-state index contributed by atoms with van der Waals surface area (Å²) < 4.78 is 18.7. The summed E-state index contributed by atoms with van der Waals surface area (Å²) in [6.07, 6.45) is -0.375. The molecule has 0 atom stereocenters. The van der Waals surface area contributed by atoms with Crippen molar-refractivity contribution in [2.45, 2.75) is 20.0 Å². The molecule has 1 aromatic rings. The van der Waals surface area contributed by atoms with E-state index < -0.39 is 30.0 Å². The molecule has 0 unspecified atom stereocenters. The van der Waals surface area contributed by atoms with E-state index in [1.807, 2.05) is 0 Å². The molecule has 106 valence electrons. The van der Waals surface area contributed by atoms with Crippen LogP contribution >= 0.6 is 11.6 Å². The van der Waals surface area contributed by atoms with Gasteiger partial charge in [-0.1, -0.05) is 11.6 Å². The Morgan fingerprint density at radius 2 is 2.05 bits per heavy atom. The van der Waals surface area contributed by atoms with Crippen LogP contribution in [-0.4, -0.2) is 30.3 Å². The fraction of sp³-hybridized carbons (Fsp3) is 0.308. The van der Waals surface area contributed by atoms with Gasteiger partial charge in [-0.15, -0.1) is 0 Å². The molecule has 0 spiro atoms. The van der Waals surface area contributed by atoms with Gasteiger partial charge in [0.25, 0.3) is 11.7 Å². The molecular weight excluding hydrogens is 289 g/mol. The van der Waals surface area contributed by atoms with E-state index in [1.165, 1.54) is 6.07 Å². The first-order chi connectivity index (χ1) is 9.32. The van der Waals surface area contributed by atoms with E-state index in [2.05, 4.69) is 0 Å². The van der Waals surface area contributed by atoms with E-state index in [4.69, 9.17) is 16.3 Å². The number of hydrogen-bond donors (Lipinski definition) is 0. The molecule has 0 aromatic heterocycles. The molecule has 1 aliphatic rings. The average molecular weight is 300 g/mol. The van der Waals surface area contributed by atoms with Gasteiger partial charge in [0.05, 0.1) is 22.4 Å². The third-order valence-electron chi connectivity index (χ3n) is 2.67. The van der Waals surface area contributed by atoms with E-state index in [-0.39, 0.29) is 22.4 Å². The molecule has 0 N–H and O–H groups in total. The maximum absolute atomic E-state index is 13.8. The Kier molecular flexibility index (Phi) is 3.76. The number of ether oxygens (including phenoxy) is 1. The number of benzene rings is 1. The minimum absolute atomic E-state index is 0.0283. The quantitative estimate of drug-likeness (QED) is 0.632. The normalized spacial score (nSPS) is 13.9. The summed E-state index contributed by atoms with van der Waals surface area (Å²) in [6, 6.07) is 2.23. The van der Waals surface area contributed by atoms with Crippen molar-refractivity contribution in [1.82, 2.24) is 0 Å². The van der Waals surface area contributed by atoms with Crippen LogP contribution < -0.4 is 4.90 Å². The van der Waals surface area contributed by atoms with Gasteiger partial charge in [0.15, 0.2) is 0 Å². The highest BCUT2D eigenvalue weighted by Crippen LogP contribution is 2.36. The molecule has 0 bridgehead atoms. The summed E-state index contributed by atoms with van der Waals surface area (Å²) in [5.41, 5.74) is -0.484. The molecule has 1 aliphatic heterocycles. The van der Waals surface area contributed by atoms with E-state index in [1.54, 1.807) is 13.8 Å². The van der Waals surface area contributed by atoms with Crippen molar-refractivity contribution in [2.24, 2.45) is 0 Å². The molecule has 0 saturated carbocycles. The highest BCUT2D eigenvalue weighted by atomic mass is 35.5. The van der Waals surface area contributed by atoms with Crippen molar-refractivity contribution in [3.63, 3.8) is 0 Å². The van der Waals surface area contributed by atoms with Crippen LogP contribution in [0.25, 0.3) is 0 Å². The Balaban J connectivity index is 2.38. The standard InChI is InChI=1S/C13H11ClFNO4/c1-6(2)20-9(17)5-16-11-8(15)4-3-7(14)10(11)12(18)13(16)19/h3-4,6H,5H2,1-2H3. The summed E-state index contributed by atoms with van der Waals surface area (Å²) in [5, 5.41) is -0.0283. The molecule has 0 fully saturated rings. The number of ketones is 1. The number of fused-ring (bicyclic) bond motifs is 1. The van der Waals surface area contributed by atoms with E-state index in [9.17, 15) is 18.8 Å². The Hall–Kier alpha value is -1.95. The van der Waals surface area contributed by atoms with E-state index in [0.717, 1.165) is 11.0 Å². The van der Waals surface area contributed by atoms with Gasteiger partial charge < -0.3 is 4.74 Å². The second kappa shape index (κ2) is 5.20. The third kappa shape index (κ3) is 2.38. The molecule has 0 radical (unpaired) electrons. The zero-order chi connectivity index (χ0) is 15.0. The first kappa shape index (κ1) is 14.5. The lowest BCUT2D eigenvalue weighted by Gasteiger charge is -2.17. The fourth-order valence-corrected chi connectivity index (χ4v) is 2.17. The zero-order valence-electron chi connectivity index (χ0n) is 10.8. The summed E-state index contributed by atoms with van der Waals surface area (Å²) in [6.45, 7) is 2.74. The first-order valence-corrected chi connectivity index (χ1v) is 6.24. The fourth-order valence-electron chi connectivity index (χ4n) is 1.93. The number of amides is 1. The Labute approximate surface area is 119 Å². The average Bonchev–Trinajstić information content (AvgIpc) is 2.59. The van der Waals surface area contributed by atoms with Crippen molar-refractivity contribution < 1.29 is 23.5 Å². The molecule has 0 aliphatic carbocycles. The summed E-state index contributed by atoms with van der Waals surface area (Å²) in [5.74, 6) is -3.44. The van der Waals surface area contributed by atoms with Gasteiger partial charge in [-0.05, 0) is 26.0 Å². The third-order valence-corrected chi connectivity index (χ3v) is 2.98. The number of anilines is 1. The van der Waals surface area contributed by atoms with Gasteiger partial charge in [-0.25, -0.2) is 4.39 Å². The maximum Gasteiger partial charge on any atom is 0.326 e. The number of halogens is 2. The first-order valence-electron chi connectivity index (χ1n) is 5.86. The molecular formula is C13H11ClFNO4. The van der Waals surface area contributed by atoms with Crippen LogP contribution in [0.1, 0.15) is 24.2 Å². The van der Waals surface area contributed by atoms with Crippen LogP contribution in [0.15, 0.2) is 12.1 Å². The minimum atomic E-state index is -0.993. The minimum Gasteiger partial charge on any atom is -0.462 e. The summed E-state index contributed by atoms with van der Waals surface area (Å²) >= 11 is 5.81. The summed E-state index contributed by atoms with van der Waals surface area (Å²) in [4.78, 5) is 36.0. The topological polar surface area (TPSA) is 63.7 Å². The summed E-state index contributed by atoms with van der Waals surface area (Å²) in [7, 11) is 0. The van der Waals surface area contributed by atoms with Gasteiger partial charge >= 0.3 is 5.97 Å². The van der Waals surface area contributed by atoms with Gasteiger partial charge in [0.1, 0.15) is 12.4 Å². The van der Waals surface area contributed by atoms with Gasteiger partial charge in [-0.2, -0.15) is 0 Å². The predicted molar refractivity (Wildman–Crippen MR) is 69.3 cm³/mol. The predicted octanol–water partition coefficient (Wildman–Crippen LogP) is 1.96. The second-order valence-corrected chi connectivity index (χ2v) is 4.92. The van der Waals surface area contributed by atoms with Crippen molar-refractivity contribution in [3.8, 4) is 0 Å². The SMILES string of the molecule is CC(C)OC(=O)CN1C(=O)C(=O)c2c(Cl)ccc(F)c21. The van der Waals surface area contributed by atoms with Crippen molar-refractivity contribution in [1.29, 1.82) is 0 Å². The molecule has 1 aromatic carbocycles. The van der Waals surface area contributed by atoms with Gasteiger partial charge in [0.2, 0.25) is 0 Å². The largest absolute Gasteiger partial charge is 0.462 e. The van der Waals surface area contributed by atoms with Crippen molar-refractivity contribution in [3.05, 3.63) is 28.5 Å². The number of carbonyl (C=O) groups is 3. The highest BCUT2D eigenvalue weighted by molar-refractivity contribution is 6.55.